The molecule has 0 fully saturated rings. The molecular weight excluding hydrogens is 266 g/mol. The predicted molar refractivity (Wildman–Crippen MR) is 60.7 cm³/mol. The van der Waals surface area contributed by atoms with Crippen LogP contribution in [-0.4, -0.2) is 30.1 Å². The largest absolute Gasteiger partial charge is 1.00 e. The molecule has 0 saturated carbocycles. The molecule has 0 atom stereocenters. The molecule has 7 heteroatoms. The minimum atomic E-state index is -2.36. The third-order valence-corrected chi connectivity index (χ3v) is 5.86. The van der Waals surface area contributed by atoms with E-state index in [2.05, 4.69) is 21.7 Å². The van der Waals surface area contributed by atoms with E-state index in [0.29, 0.717) is 0 Å². The molecule has 0 unspecified atom stereocenters. The van der Waals surface area contributed by atoms with Crippen molar-refractivity contribution < 1.29 is 30.3 Å². The average Bonchev–Trinajstić information content (AvgIpc) is 2.78. The topological polar surface area (TPSA) is 31.6 Å². The number of halogens is 1. The van der Waals surface area contributed by atoms with Gasteiger partial charge in [0.05, 0.1) is 5.38 Å². The number of nitrogens with zero attached hydrogens (tertiary/aromatic N) is 1. The highest BCUT2D eigenvalue weighted by Crippen LogP contribution is 2.14. The molecule has 94 valence electrons. The smallest absolute Gasteiger partial charge is 0.500 e. The van der Waals surface area contributed by atoms with E-state index in [1.165, 1.54) is 0 Å². The van der Waals surface area contributed by atoms with Crippen LogP contribution in [0.3, 0.4) is 0 Å². The molecular formula is C9H18ClNO3SSi. The van der Waals surface area contributed by atoms with Crippen LogP contribution in [0.5, 0.6) is 0 Å². The van der Waals surface area contributed by atoms with Gasteiger partial charge in [0, 0.05) is 33.8 Å². The summed E-state index contributed by atoms with van der Waals surface area (Å²) in [6.07, 6.45) is 3.07. The summed E-state index contributed by atoms with van der Waals surface area (Å²) in [6, 6.07) is 0.847. The van der Waals surface area contributed by atoms with Gasteiger partial charge in [-0.25, -0.2) is 0 Å². The first kappa shape index (κ1) is 16.0. The number of aromatic nitrogens is 1. The summed E-state index contributed by atoms with van der Waals surface area (Å²) in [5.41, 5.74) is 2.09. The van der Waals surface area contributed by atoms with Gasteiger partial charge in [-0.3, -0.25) is 0 Å². The molecule has 1 heterocycles. The summed E-state index contributed by atoms with van der Waals surface area (Å²) >= 11 is 1.70. The van der Waals surface area contributed by atoms with E-state index in [9.17, 15) is 0 Å². The van der Waals surface area contributed by atoms with Crippen molar-refractivity contribution in [3.8, 4) is 0 Å². The lowest BCUT2D eigenvalue weighted by molar-refractivity contribution is -0.692. The van der Waals surface area contributed by atoms with Crippen molar-refractivity contribution in [2.75, 3.05) is 21.3 Å². The van der Waals surface area contributed by atoms with Gasteiger partial charge in [0.25, 0.3) is 0 Å². The Morgan fingerprint density at radius 2 is 1.81 bits per heavy atom. The molecule has 0 aliphatic rings. The first-order valence-corrected chi connectivity index (χ1v) is 7.70. The van der Waals surface area contributed by atoms with Crippen LogP contribution in [0.2, 0.25) is 6.04 Å². The lowest BCUT2D eigenvalue weighted by atomic mass is 10.5. The van der Waals surface area contributed by atoms with Crippen LogP contribution in [0.1, 0.15) is 6.42 Å². The number of hydrogen-bond donors (Lipinski definition) is 0. The Labute approximate surface area is 108 Å². The normalized spacial score (nSPS) is 11.2. The molecule has 4 nitrogen and oxygen atoms in total. The Bertz CT molecular complexity index is 261. The minimum absolute atomic E-state index is 0. The molecule has 0 saturated heterocycles. The van der Waals surface area contributed by atoms with E-state index in [0.717, 1.165) is 19.0 Å². The Morgan fingerprint density at radius 1 is 1.19 bits per heavy atom. The Balaban J connectivity index is 0.00000225. The third kappa shape index (κ3) is 4.48. The standard InChI is InChI=1S/C9H18NO3SSi.ClH/c1-11-15(12-2,13-3)8-4-5-10-6-7-14-9-10;/h6-7,9H,4-5,8H2,1-3H3;1H/q+1;/p-1. The van der Waals surface area contributed by atoms with Crippen LogP contribution in [0.15, 0.2) is 17.1 Å². The molecule has 0 aromatic carbocycles. The number of aryl methyl sites for hydroxylation is 1. The molecule has 1 aromatic heterocycles. The van der Waals surface area contributed by atoms with Gasteiger partial charge in [-0.05, 0) is 0 Å². The number of hydrogen-bond acceptors (Lipinski definition) is 4. The highest BCUT2D eigenvalue weighted by Gasteiger charge is 2.37. The SMILES string of the molecule is CO[Si](CCC[n+]1ccsc1)(OC)OC.[Cl-]. The van der Waals surface area contributed by atoms with Crippen LogP contribution >= 0.6 is 11.3 Å². The molecule has 0 radical (unpaired) electrons. The third-order valence-electron chi connectivity index (χ3n) is 2.36. The minimum Gasteiger partial charge on any atom is -1.00 e. The van der Waals surface area contributed by atoms with Crippen LogP contribution in [0, 0.1) is 0 Å². The fourth-order valence-electron chi connectivity index (χ4n) is 1.42. The van der Waals surface area contributed by atoms with Gasteiger partial charge in [-0.2, -0.15) is 4.57 Å². The van der Waals surface area contributed by atoms with Crippen molar-refractivity contribution in [2.45, 2.75) is 19.0 Å². The van der Waals surface area contributed by atoms with Crippen LogP contribution in [0.4, 0.5) is 0 Å². The second-order valence-corrected chi connectivity index (χ2v) is 7.01. The van der Waals surface area contributed by atoms with E-state index >= 15 is 0 Å². The lowest BCUT2D eigenvalue weighted by Gasteiger charge is -2.23. The molecule has 0 bridgehead atoms. The van der Waals surface area contributed by atoms with Gasteiger partial charge < -0.3 is 25.7 Å². The fourth-order valence-corrected chi connectivity index (χ4v) is 3.76. The molecule has 1 rings (SSSR count). The molecule has 0 aliphatic heterocycles. The maximum absolute atomic E-state index is 5.34. The van der Waals surface area contributed by atoms with E-state index in [-0.39, 0.29) is 12.4 Å². The van der Waals surface area contributed by atoms with E-state index in [1.54, 1.807) is 32.7 Å². The fraction of sp³-hybridized carbons (Fsp3) is 0.667. The zero-order valence-corrected chi connectivity index (χ0v) is 12.4. The Kier molecular flexibility index (Phi) is 8.17. The molecule has 1 aromatic rings. The summed E-state index contributed by atoms with van der Waals surface area (Å²) in [7, 11) is 2.59. The zero-order chi connectivity index (χ0) is 11.1. The first-order valence-electron chi connectivity index (χ1n) is 4.83. The van der Waals surface area contributed by atoms with Gasteiger partial charge >= 0.3 is 8.80 Å². The van der Waals surface area contributed by atoms with Gasteiger partial charge in [-0.15, -0.1) is 0 Å². The van der Waals surface area contributed by atoms with Crippen molar-refractivity contribution in [1.29, 1.82) is 0 Å². The monoisotopic (exact) mass is 283 g/mol. The molecule has 16 heavy (non-hydrogen) atoms. The van der Waals surface area contributed by atoms with Gasteiger partial charge in [-0.1, -0.05) is 11.3 Å². The summed E-state index contributed by atoms with van der Waals surface area (Å²) in [5.74, 6) is 0. The molecule has 0 aliphatic carbocycles. The number of thiazole rings is 1. The average molecular weight is 284 g/mol. The van der Waals surface area contributed by atoms with Crippen LogP contribution in [0.25, 0.3) is 0 Å². The summed E-state index contributed by atoms with van der Waals surface area (Å²) < 4.78 is 18.2. The van der Waals surface area contributed by atoms with Crippen LogP contribution < -0.4 is 17.0 Å². The molecule has 0 amide bonds. The molecule has 0 N–H and O–H groups in total. The number of rotatable bonds is 7. The first-order chi connectivity index (χ1) is 7.26. The summed E-state index contributed by atoms with van der Waals surface area (Å²) in [5, 5.41) is 2.06. The second-order valence-electron chi connectivity index (χ2n) is 3.16. The van der Waals surface area contributed by atoms with Crippen molar-refractivity contribution >= 4 is 20.1 Å². The zero-order valence-electron chi connectivity index (χ0n) is 9.81. The van der Waals surface area contributed by atoms with E-state index < -0.39 is 8.80 Å². The van der Waals surface area contributed by atoms with Crippen molar-refractivity contribution in [3.05, 3.63) is 17.1 Å². The van der Waals surface area contributed by atoms with Gasteiger partial charge in [0.15, 0.2) is 6.20 Å². The molecule has 0 spiro atoms. The van der Waals surface area contributed by atoms with Gasteiger partial charge in [0.2, 0.25) is 5.51 Å². The maximum Gasteiger partial charge on any atom is 0.500 e. The van der Waals surface area contributed by atoms with Crippen molar-refractivity contribution in [1.82, 2.24) is 0 Å². The van der Waals surface area contributed by atoms with E-state index in [4.69, 9.17) is 13.3 Å². The van der Waals surface area contributed by atoms with E-state index in [1.807, 2.05) is 0 Å². The predicted octanol–water partition coefficient (Wildman–Crippen LogP) is -1.69. The quantitative estimate of drug-likeness (QED) is 0.442. The highest BCUT2D eigenvalue weighted by atomic mass is 35.5. The summed E-state index contributed by atoms with van der Waals surface area (Å²) in [4.78, 5) is 0. The summed E-state index contributed by atoms with van der Waals surface area (Å²) in [6.45, 7) is 0.980. The van der Waals surface area contributed by atoms with Crippen LogP contribution in [-0.2, 0) is 19.8 Å². The highest BCUT2D eigenvalue weighted by molar-refractivity contribution is 7.07. The van der Waals surface area contributed by atoms with Gasteiger partial charge in [0.1, 0.15) is 6.54 Å². The lowest BCUT2D eigenvalue weighted by Crippen LogP contribution is -3.00. The van der Waals surface area contributed by atoms with Crippen molar-refractivity contribution in [3.63, 3.8) is 0 Å². The Morgan fingerprint density at radius 3 is 2.25 bits per heavy atom. The van der Waals surface area contributed by atoms with Crippen molar-refractivity contribution in [2.24, 2.45) is 0 Å². The maximum atomic E-state index is 5.34. The Hall–Kier alpha value is 0.0169. The second kappa shape index (κ2) is 8.16.